The van der Waals surface area contributed by atoms with Crippen LogP contribution in [0.25, 0.3) is 0 Å². The lowest BCUT2D eigenvalue weighted by molar-refractivity contribution is -0.140. The quantitative estimate of drug-likeness (QED) is 0.213. The number of benzene rings is 1. The average molecular weight is 408 g/mol. The van der Waals surface area contributed by atoms with E-state index in [9.17, 15) is 4.79 Å². The molecule has 0 amide bonds. The smallest absolute Gasteiger partial charge is 0.305 e. The van der Waals surface area contributed by atoms with Crippen LogP contribution in [-0.4, -0.2) is 52.5 Å². The highest BCUT2D eigenvalue weighted by molar-refractivity contribution is 5.79. The minimum absolute atomic E-state index is 0.133. The van der Waals surface area contributed by atoms with Gasteiger partial charge in [-0.3, -0.25) is 4.79 Å². The van der Waals surface area contributed by atoms with Crippen molar-refractivity contribution in [2.75, 3.05) is 40.5 Å². The molecule has 1 aromatic rings. The largest absolute Gasteiger partial charge is 0.491 e. The summed E-state index contributed by atoms with van der Waals surface area (Å²) in [6.45, 7) is 7.36. The SMILES string of the molecule is CCNC(=NCc1ccc(C)cc1OCCOC)NCCCCCCC(=O)OC. The van der Waals surface area contributed by atoms with Crippen molar-refractivity contribution in [1.82, 2.24) is 10.6 Å². The van der Waals surface area contributed by atoms with Crippen LogP contribution in [0.15, 0.2) is 23.2 Å². The Labute approximate surface area is 175 Å². The van der Waals surface area contributed by atoms with E-state index in [4.69, 9.17) is 14.5 Å². The van der Waals surface area contributed by atoms with E-state index in [0.29, 0.717) is 26.2 Å². The van der Waals surface area contributed by atoms with E-state index in [1.807, 2.05) is 13.0 Å². The summed E-state index contributed by atoms with van der Waals surface area (Å²) in [6, 6.07) is 6.17. The first-order valence-electron chi connectivity index (χ1n) is 10.4. The fourth-order valence-corrected chi connectivity index (χ4v) is 2.72. The first kappa shape index (κ1) is 24.8. The number of methoxy groups -OCH3 is 2. The van der Waals surface area contributed by atoms with Gasteiger partial charge < -0.3 is 24.8 Å². The third kappa shape index (κ3) is 11.3. The molecule has 0 spiro atoms. The van der Waals surface area contributed by atoms with Crippen LogP contribution in [0, 0.1) is 6.92 Å². The number of aryl methyl sites for hydroxylation is 1. The van der Waals surface area contributed by atoms with Crippen LogP contribution in [0.1, 0.15) is 50.2 Å². The van der Waals surface area contributed by atoms with Crippen LogP contribution >= 0.6 is 0 Å². The van der Waals surface area contributed by atoms with Crippen LogP contribution in [0.5, 0.6) is 5.75 Å². The number of aliphatic imine (C=N–C) groups is 1. The average Bonchev–Trinajstić information content (AvgIpc) is 2.72. The van der Waals surface area contributed by atoms with E-state index in [0.717, 1.165) is 61.6 Å². The molecule has 0 atom stereocenters. The molecule has 0 radical (unpaired) electrons. The third-order valence-electron chi connectivity index (χ3n) is 4.35. The first-order chi connectivity index (χ1) is 14.1. The third-order valence-corrected chi connectivity index (χ3v) is 4.35. The molecule has 0 saturated heterocycles. The topological polar surface area (TPSA) is 81.2 Å². The molecule has 0 unspecified atom stereocenters. The monoisotopic (exact) mass is 407 g/mol. The van der Waals surface area contributed by atoms with Crippen LogP contribution in [-0.2, 0) is 20.8 Å². The fraction of sp³-hybridized carbons (Fsp3) is 0.636. The van der Waals surface area contributed by atoms with Gasteiger partial charge in [-0.05, 0) is 38.3 Å². The van der Waals surface area contributed by atoms with Gasteiger partial charge in [-0.15, -0.1) is 0 Å². The van der Waals surface area contributed by atoms with Gasteiger partial charge in [0.1, 0.15) is 12.4 Å². The van der Waals surface area contributed by atoms with Crippen molar-refractivity contribution in [2.45, 2.75) is 52.5 Å². The zero-order chi connectivity index (χ0) is 21.3. The van der Waals surface area contributed by atoms with Crippen molar-refractivity contribution in [1.29, 1.82) is 0 Å². The molecule has 7 nitrogen and oxygen atoms in total. The number of nitrogens with one attached hydrogen (secondary N) is 2. The van der Waals surface area contributed by atoms with Gasteiger partial charge in [-0.25, -0.2) is 4.99 Å². The Morgan fingerprint density at radius 2 is 1.86 bits per heavy atom. The minimum Gasteiger partial charge on any atom is -0.491 e. The molecule has 0 bridgehead atoms. The van der Waals surface area contributed by atoms with E-state index in [-0.39, 0.29) is 5.97 Å². The van der Waals surface area contributed by atoms with Gasteiger partial charge in [0, 0.05) is 32.2 Å². The number of unbranched alkanes of at least 4 members (excludes halogenated alkanes) is 3. The van der Waals surface area contributed by atoms with Crippen molar-refractivity contribution < 1.29 is 19.0 Å². The summed E-state index contributed by atoms with van der Waals surface area (Å²) >= 11 is 0. The maximum Gasteiger partial charge on any atom is 0.305 e. The van der Waals surface area contributed by atoms with E-state index in [2.05, 4.69) is 34.4 Å². The van der Waals surface area contributed by atoms with Crippen LogP contribution in [0.4, 0.5) is 0 Å². The Kier molecular flexibility index (Phi) is 13.3. The second-order valence-corrected chi connectivity index (χ2v) is 6.81. The summed E-state index contributed by atoms with van der Waals surface area (Å²) in [7, 11) is 3.09. The summed E-state index contributed by atoms with van der Waals surface area (Å²) < 4.78 is 15.6. The van der Waals surface area contributed by atoms with Gasteiger partial charge in [-0.1, -0.05) is 25.0 Å². The standard InChI is InChI=1S/C22H37N3O4/c1-5-23-22(24-13-9-7-6-8-10-21(26)28-4)25-17-19-12-11-18(2)16-20(19)29-15-14-27-3/h11-12,16H,5-10,13-15,17H2,1-4H3,(H2,23,24,25). The zero-order valence-electron chi connectivity index (χ0n) is 18.4. The summed E-state index contributed by atoms with van der Waals surface area (Å²) in [5.41, 5.74) is 2.20. The summed E-state index contributed by atoms with van der Waals surface area (Å²) in [5, 5.41) is 6.65. The molecule has 0 aliphatic rings. The number of ether oxygens (including phenoxy) is 3. The van der Waals surface area contributed by atoms with Crippen molar-refractivity contribution in [3.05, 3.63) is 29.3 Å². The molecule has 1 aromatic carbocycles. The normalized spacial score (nSPS) is 11.2. The highest BCUT2D eigenvalue weighted by atomic mass is 16.5. The Morgan fingerprint density at radius 3 is 2.59 bits per heavy atom. The molecular weight excluding hydrogens is 370 g/mol. The van der Waals surface area contributed by atoms with E-state index >= 15 is 0 Å². The Bertz CT molecular complexity index is 620. The number of carbonyl (C=O) groups is 1. The van der Waals surface area contributed by atoms with Crippen molar-refractivity contribution in [3.8, 4) is 5.75 Å². The minimum atomic E-state index is -0.133. The van der Waals surface area contributed by atoms with Gasteiger partial charge in [0.25, 0.3) is 0 Å². The van der Waals surface area contributed by atoms with Crippen LogP contribution < -0.4 is 15.4 Å². The summed E-state index contributed by atoms with van der Waals surface area (Å²) in [6.07, 6.45) is 4.50. The van der Waals surface area contributed by atoms with E-state index in [1.165, 1.54) is 7.11 Å². The lowest BCUT2D eigenvalue weighted by atomic mass is 10.1. The fourth-order valence-electron chi connectivity index (χ4n) is 2.72. The lowest BCUT2D eigenvalue weighted by Crippen LogP contribution is -2.37. The molecule has 2 N–H and O–H groups in total. The number of carbonyl (C=O) groups excluding carboxylic acids is 1. The highest BCUT2D eigenvalue weighted by Gasteiger charge is 2.05. The van der Waals surface area contributed by atoms with Crippen molar-refractivity contribution in [3.63, 3.8) is 0 Å². The Morgan fingerprint density at radius 1 is 1.07 bits per heavy atom. The second-order valence-electron chi connectivity index (χ2n) is 6.81. The van der Waals surface area contributed by atoms with Crippen molar-refractivity contribution >= 4 is 11.9 Å². The number of esters is 1. The molecule has 0 saturated carbocycles. The maximum atomic E-state index is 11.1. The van der Waals surface area contributed by atoms with E-state index < -0.39 is 0 Å². The highest BCUT2D eigenvalue weighted by Crippen LogP contribution is 2.21. The van der Waals surface area contributed by atoms with E-state index in [1.54, 1.807) is 7.11 Å². The molecule has 0 aromatic heterocycles. The van der Waals surface area contributed by atoms with Gasteiger partial charge >= 0.3 is 5.97 Å². The van der Waals surface area contributed by atoms with Crippen LogP contribution in [0.2, 0.25) is 0 Å². The van der Waals surface area contributed by atoms with Gasteiger partial charge in [0.2, 0.25) is 0 Å². The Hall–Kier alpha value is -2.28. The predicted octanol–water partition coefficient (Wildman–Crippen LogP) is 3.20. The molecule has 0 heterocycles. The zero-order valence-corrected chi connectivity index (χ0v) is 18.4. The molecule has 7 heteroatoms. The number of rotatable bonds is 14. The summed E-state index contributed by atoms with van der Waals surface area (Å²) in [4.78, 5) is 15.8. The maximum absolute atomic E-state index is 11.1. The number of hydrogen-bond acceptors (Lipinski definition) is 5. The van der Waals surface area contributed by atoms with Gasteiger partial charge in [0.05, 0.1) is 20.3 Å². The first-order valence-corrected chi connectivity index (χ1v) is 10.4. The number of hydrogen-bond donors (Lipinski definition) is 2. The molecule has 1 rings (SSSR count). The Balaban J connectivity index is 2.47. The van der Waals surface area contributed by atoms with Crippen LogP contribution in [0.3, 0.4) is 0 Å². The van der Waals surface area contributed by atoms with Crippen molar-refractivity contribution in [2.24, 2.45) is 4.99 Å². The molecule has 0 aliphatic carbocycles. The second kappa shape index (κ2) is 15.6. The molecule has 0 aliphatic heterocycles. The van der Waals surface area contributed by atoms with Gasteiger partial charge in [0.15, 0.2) is 5.96 Å². The molecular formula is C22H37N3O4. The molecule has 0 fully saturated rings. The molecule has 164 valence electrons. The van der Waals surface area contributed by atoms with Gasteiger partial charge in [-0.2, -0.15) is 0 Å². The summed E-state index contributed by atoms with van der Waals surface area (Å²) in [5.74, 6) is 1.52. The predicted molar refractivity (Wildman–Crippen MR) is 116 cm³/mol. The lowest BCUT2D eigenvalue weighted by Gasteiger charge is -2.13. The number of nitrogens with zero attached hydrogens (tertiary/aromatic N) is 1. The molecule has 29 heavy (non-hydrogen) atoms. The number of guanidine groups is 1.